The Balaban J connectivity index is 1.74. The van der Waals surface area contributed by atoms with Gasteiger partial charge in [0, 0.05) is 10.2 Å². The third-order valence-electron chi connectivity index (χ3n) is 3.05. The summed E-state index contributed by atoms with van der Waals surface area (Å²) in [5.74, 6) is 0.929. The summed E-state index contributed by atoms with van der Waals surface area (Å²) in [4.78, 5) is 12.3. The highest BCUT2D eigenvalue weighted by Crippen LogP contribution is 2.31. The summed E-state index contributed by atoms with van der Waals surface area (Å²) < 4.78 is 11.9. The number of nitrogens with two attached hydrogens (primary N) is 1. The molecule has 6 heteroatoms. The van der Waals surface area contributed by atoms with Gasteiger partial charge in [-0.2, -0.15) is 0 Å². The SMILES string of the molecule is Nc1ccc(Br)c(NC(=O)C2COc3ccccc3O2)c1. The van der Waals surface area contributed by atoms with E-state index in [1.165, 1.54) is 0 Å². The van der Waals surface area contributed by atoms with Gasteiger partial charge in [0.2, 0.25) is 6.10 Å². The fourth-order valence-corrected chi connectivity index (χ4v) is 2.35. The van der Waals surface area contributed by atoms with E-state index in [9.17, 15) is 4.79 Å². The number of nitrogens with one attached hydrogen (secondary N) is 1. The van der Waals surface area contributed by atoms with Crippen molar-refractivity contribution >= 4 is 33.2 Å². The van der Waals surface area contributed by atoms with Crippen LogP contribution in [0, 0.1) is 0 Å². The van der Waals surface area contributed by atoms with Gasteiger partial charge in [-0.25, -0.2) is 0 Å². The maximum atomic E-state index is 12.3. The average Bonchev–Trinajstić information content (AvgIpc) is 2.50. The standard InChI is InChI=1S/C15H13BrN2O3/c16-10-6-5-9(17)7-11(10)18-15(19)14-8-20-12-3-1-2-4-13(12)21-14/h1-7,14H,8,17H2,(H,18,19). The van der Waals surface area contributed by atoms with E-state index in [0.29, 0.717) is 22.9 Å². The minimum Gasteiger partial charge on any atom is -0.485 e. The van der Waals surface area contributed by atoms with Gasteiger partial charge in [0.05, 0.1) is 5.69 Å². The van der Waals surface area contributed by atoms with Crippen molar-refractivity contribution in [3.63, 3.8) is 0 Å². The predicted molar refractivity (Wildman–Crippen MR) is 83.5 cm³/mol. The Kier molecular flexibility index (Phi) is 3.70. The van der Waals surface area contributed by atoms with Gasteiger partial charge in [-0.15, -0.1) is 0 Å². The van der Waals surface area contributed by atoms with Crippen LogP contribution in [0.1, 0.15) is 0 Å². The summed E-state index contributed by atoms with van der Waals surface area (Å²) in [5.41, 5.74) is 6.89. The van der Waals surface area contributed by atoms with Crippen molar-refractivity contribution in [2.24, 2.45) is 0 Å². The summed E-state index contributed by atoms with van der Waals surface area (Å²) in [6.45, 7) is 0.169. The van der Waals surface area contributed by atoms with Crippen molar-refractivity contribution in [2.75, 3.05) is 17.7 Å². The number of fused-ring (bicyclic) bond motifs is 1. The predicted octanol–water partition coefficient (Wildman–Crippen LogP) is 2.81. The molecule has 1 amide bonds. The Labute approximate surface area is 130 Å². The minimum atomic E-state index is -0.701. The van der Waals surface area contributed by atoms with Crippen LogP contribution in [0.25, 0.3) is 0 Å². The lowest BCUT2D eigenvalue weighted by Crippen LogP contribution is -2.40. The van der Waals surface area contributed by atoms with Gasteiger partial charge in [-0.1, -0.05) is 12.1 Å². The van der Waals surface area contributed by atoms with Gasteiger partial charge >= 0.3 is 0 Å². The average molecular weight is 349 g/mol. The first-order valence-electron chi connectivity index (χ1n) is 6.38. The molecule has 0 spiro atoms. The summed E-state index contributed by atoms with van der Waals surface area (Å²) in [5, 5.41) is 2.78. The monoisotopic (exact) mass is 348 g/mol. The van der Waals surface area contributed by atoms with E-state index in [1.807, 2.05) is 12.1 Å². The van der Waals surface area contributed by atoms with Crippen LogP contribution >= 0.6 is 15.9 Å². The minimum absolute atomic E-state index is 0.169. The summed E-state index contributed by atoms with van der Waals surface area (Å²) in [7, 11) is 0. The molecular formula is C15H13BrN2O3. The van der Waals surface area contributed by atoms with E-state index in [-0.39, 0.29) is 12.5 Å². The van der Waals surface area contributed by atoms with Gasteiger partial charge in [0.25, 0.3) is 5.91 Å². The zero-order chi connectivity index (χ0) is 14.8. The summed E-state index contributed by atoms with van der Waals surface area (Å²) in [6.07, 6.45) is -0.701. The molecule has 0 aliphatic carbocycles. The molecule has 0 fully saturated rings. The Morgan fingerprint density at radius 3 is 2.81 bits per heavy atom. The first kappa shape index (κ1) is 13.8. The molecule has 108 valence electrons. The van der Waals surface area contributed by atoms with Gasteiger partial charge in [-0.05, 0) is 46.3 Å². The lowest BCUT2D eigenvalue weighted by molar-refractivity contribution is -0.125. The zero-order valence-corrected chi connectivity index (χ0v) is 12.6. The molecular weight excluding hydrogens is 336 g/mol. The number of halogens is 1. The van der Waals surface area contributed by atoms with Crippen LogP contribution in [0.15, 0.2) is 46.9 Å². The van der Waals surface area contributed by atoms with Crippen LogP contribution in [0.2, 0.25) is 0 Å². The number of para-hydroxylation sites is 2. The normalized spacial score (nSPS) is 16.3. The largest absolute Gasteiger partial charge is 0.485 e. The summed E-state index contributed by atoms with van der Waals surface area (Å²) >= 11 is 3.37. The molecule has 5 nitrogen and oxygen atoms in total. The fourth-order valence-electron chi connectivity index (χ4n) is 2.00. The number of anilines is 2. The van der Waals surface area contributed by atoms with E-state index in [1.54, 1.807) is 30.3 Å². The van der Waals surface area contributed by atoms with Crippen molar-refractivity contribution in [3.05, 3.63) is 46.9 Å². The highest BCUT2D eigenvalue weighted by atomic mass is 79.9. The topological polar surface area (TPSA) is 73.6 Å². The Hall–Kier alpha value is -2.21. The summed E-state index contributed by atoms with van der Waals surface area (Å²) in [6, 6.07) is 12.5. The van der Waals surface area contributed by atoms with Crippen LogP contribution in [0.5, 0.6) is 11.5 Å². The Morgan fingerprint density at radius 1 is 1.24 bits per heavy atom. The lowest BCUT2D eigenvalue weighted by Gasteiger charge is -2.25. The molecule has 0 saturated heterocycles. The molecule has 1 heterocycles. The number of ether oxygens (including phenoxy) is 2. The molecule has 1 atom stereocenters. The third kappa shape index (κ3) is 2.95. The quantitative estimate of drug-likeness (QED) is 0.818. The maximum Gasteiger partial charge on any atom is 0.269 e. The molecule has 0 bridgehead atoms. The highest BCUT2D eigenvalue weighted by Gasteiger charge is 2.27. The number of hydrogen-bond donors (Lipinski definition) is 2. The van der Waals surface area contributed by atoms with E-state index in [4.69, 9.17) is 15.2 Å². The van der Waals surface area contributed by atoms with Crippen molar-refractivity contribution in [3.8, 4) is 11.5 Å². The van der Waals surface area contributed by atoms with Crippen molar-refractivity contribution in [2.45, 2.75) is 6.10 Å². The molecule has 21 heavy (non-hydrogen) atoms. The second kappa shape index (κ2) is 5.65. The first-order chi connectivity index (χ1) is 10.1. The lowest BCUT2D eigenvalue weighted by atomic mass is 10.2. The molecule has 0 aromatic heterocycles. The number of carbonyl (C=O) groups is 1. The van der Waals surface area contributed by atoms with E-state index in [2.05, 4.69) is 21.2 Å². The number of nitrogen functional groups attached to an aromatic ring is 1. The number of amides is 1. The number of carbonyl (C=O) groups excluding carboxylic acids is 1. The molecule has 3 N–H and O–H groups in total. The van der Waals surface area contributed by atoms with E-state index >= 15 is 0 Å². The molecule has 1 aliphatic heterocycles. The first-order valence-corrected chi connectivity index (χ1v) is 7.17. The molecule has 0 saturated carbocycles. The third-order valence-corrected chi connectivity index (χ3v) is 3.74. The number of hydrogen-bond acceptors (Lipinski definition) is 4. The second-order valence-electron chi connectivity index (χ2n) is 4.59. The van der Waals surface area contributed by atoms with Crippen molar-refractivity contribution < 1.29 is 14.3 Å². The molecule has 1 aliphatic rings. The molecule has 3 rings (SSSR count). The van der Waals surface area contributed by atoms with Crippen LogP contribution < -0.4 is 20.5 Å². The maximum absolute atomic E-state index is 12.3. The van der Waals surface area contributed by atoms with Crippen LogP contribution in [0.3, 0.4) is 0 Å². The fraction of sp³-hybridized carbons (Fsp3) is 0.133. The molecule has 2 aromatic rings. The Bertz CT molecular complexity index is 690. The van der Waals surface area contributed by atoms with Gasteiger partial charge in [-0.3, -0.25) is 4.79 Å². The van der Waals surface area contributed by atoms with E-state index in [0.717, 1.165) is 4.47 Å². The van der Waals surface area contributed by atoms with Crippen molar-refractivity contribution in [1.29, 1.82) is 0 Å². The van der Waals surface area contributed by atoms with E-state index < -0.39 is 6.10 Å². The molecule has 1 unspecified atom stereocenters. The van der Waals surface area contributed by atoms with Gasteiger partial charge in [0.15, 0.2) is 11.5 Å². The van der Waals surface area contributed by atoms with Gasteiger partial charge < -0.3 is 20.5 Å². The molecule has 2 aromatic carbocycles. The van der Waals surface area contributed by atoms with Crippen molar-refractivity contribution in [1.82, 2.24) is 0 Å². The number of benzene rings is 2. The van der Waals surface area contributed by atoms with Gasteiger partial charge in [0.1, 0.15) is 6.61 Å². The zero-order valence-electron chi connectivity index (χ0n) is 11.0. The molecule has 0 radical (unpaired) electrons. The van der Waals surface area contributed by atoms with Crippen LogP contribution in [-0.4, -0.2) is 18.6 Å². The number of rotatable bonds is 2. The smallest absolute Gasteiger partial charge is 0.269 e. The van der Waals surface area contributed by atoms with Crippen LogP contribution in [-0.2, 0) is 4.79 Å². The second-order valence-corrected chi connectivity index (χ2v) is 5.45. The van der Waals surface area contributed by atoms with Crippen LogP contribution in [0.4, 0.5) is 11.4 Å². The highest BCUT2D eigenvalue weighted by molar-refractivity contribution is 9.10. The Morgan fingerprint density at radius 2 is 2.00 bits per heavy atom.